The summed E-state index contributed by atoms with van der Waals surface area (Å²) in [5, 5.41) is 0. The van der Waals surface area contributed by atoms with Crippen molar-refractivity contribution in [3.05, 3.63) is 12.7 Å². The lowest BCUT2D eigenvalue weighted by atomic mass is 10.1. The summed E-state index contributed by atoms with van der Waals surface area (Å²) in [5.74, 6) is 1.90. The van der Waals surface area contributed by atoms with Crippen LogP contribution in [-0.2, 0) is 41.0 Å². The lowest BCUT2D eigenvalue weighted by Gasteiger charge is -2.17. The molecule has 0 aromatic carbocycles. The molecule has 0 radical (unpaired) electrons. The third-order valence-electron chi connectivity index (χ3n) is 5.24. The van der Waals surface area contributed by atoms with Crippen molar-refractivity contribution in [3.63, 3.8) is 0 Å². The fourth-order valence-corrected chi connectivity index (χ4v) is 5.97. The third-order valence-corrected chi connectivity index (χ3v) is 8.66. The Balaban J connectivity index is 1.59. The van der Waals surface area contributed by atoms with Crippen LogP contribution in [0.25, 0.3) is 11.2 Å². The number of fused-ring (bicyclic) bond motifs is 1. The van der Waals surface area contributed by atoms with Gasteiger partial charge in [-0.15, -0.1) is 9.45 Å². The van der Waals surface area contributed by atoms with Gasteiger partial charge in [-0.2, -0.15) is 0 Å². The number of hydrogen-bond acceptors (Lipinski definition) is 8. The van der Waals surface area contributed by atoms with Gasteiger partial charge in [0.15, 0.2) is 11.5 Å². The smallest absolute Gasteiger partial charge is 0.353 e. The molecule has 0 saturated heterocycles. The summed E-state index contributed by atoms with van der Waals surface area (Å²) in [7, 11) is -4.05. The van der Waals surface area contributed by atoms with Gasteiger partial charge in [0.2, 0.25) is 0 Å². The molecule has 9 nitrogen and oxygen atoms in total. The van der Waals surface area contributed by atoms with Crippen molar-refractivity contribution >= 4 is 45.2 Å². The van der Waals surface area contributed by atoms with E-state index in [0.717, 1.165) is 12.2 Å². The van der Waals surface area contributed by atoms with Gasteiger partial charge in [0.25, 0.3) is 0 Å². The van der Waals surface area contributed by atoms with E-state index < -0.39 is 7.60 Å². The van der Waals surface area contributed by atoms with Gasteiger partial charge in [0.1, 0.15) is 18.2 Å². The maximum atomic E-state index is 12.3. The molecule has 188 valence electrons. The molecule has 12 heteroatoms. The molecule has 2 unspecified atom stereocenters. The molecule has 0 spiro atoms. The van der Waals surface area contributed by atoms with E-state index in [9.17, 15) is 9.46 Å². The zero-order valence-electron chi connectivity index (χ0n) is 19.7. The number of aromatic nitrogens is 4. The minimum absolute atomic E-state index is 0.178. The largest absolute Gasteiger partial charge is 0.382 e. The highest BCUT2D eigenvalue weighted by molar-refractivity contribution is 8.28. The fraction of sp³-hybridized carbons (Fsp3) is 0.762. The number of rotatable bonds is 18. The molecule has 0 fully saturated rings. The van der Waals surface area contributed by atoms with Crippen LogP contribution in [0.4, 0.5) is 5.82 Å². The van der Waals surface area contributed by atoms with E-state index in [-0.39, 0.29) is 28.5 Å². The van der Waals surface area contributed by atoms with E-state index in [4.69, 9.17) is 26.2 Å². The first-order chi connectivity index (χ1) is 15.8. The SMILES string of the molecule is CCCCCCCCCCS(=S)CCOP(=O)(O)CO[C@H](C)Cn1cnc2c(N)ncnc21. The van der Waals surface area contributed by atoms with E-state index in [2.05, 4.69) is 21.9 Å². The molecule has 0 aliphatic heterocycles. The molecular formula is C21H38N5O4PS2. The Labute approximate surface area is 204 Å². The normalized spacial score (nSPS) is 15.5. The van der Waals surface area contributed by atoms with Crippen molar-refractivity contribution in [2.24, 2.45) is 0 Å². The number of anilines is 1. The number of nitrogens with zero attached hydrogens (tertiary/aromatic N) is 4. The third kappa shape index (κ3) is 10.9. The summed E-state index contributed by atoms with van der Waals surface area (Å²) in [5.41, 5.74) is 6.91. The lowest BCUT2D eigenvalue weighted by molar-refractivity contribution is 0.0724. The summed E-state index contributed by atoms with van der Waals surface area (Å²) in [6.45, 7) is 4.62. The molecule has 0 aliphatic carbocycles. The van der Waals surface area contributed by atoms with Crippen molar-refractivity contribution < 1.29 is 18.7 Å². The number of unbranched alkanes of at least 4 members (excludes halogenated alkanes) is 7. The quantitative estimate of drug-likeness (QED) is 0.220. The van der Waals surface area contributed by atoms with E-state index in [1.807, 2.05) is 0 Å². The molecule has 0 amide bonds. The summed E-state index contributed by atoms with van der Waals surface area (Å²) in [4.78, 5) is 22.4. The molecule has 3 N–H and O–H groups in total. The maximum absolute atomic E-state index is 12.3. The molecule has 33 heavy (non-hydrogen) atoms. The average Bonchev–Trinajstić information content (AvgIpc) is 3.18. The standard InChI is InChI=1S/C21H38N5O4PS2/c1-3-4-5-6-7-8-9-10-12-33(32)13-11-30-31(27,28)17-29-18(2)14-26-16-25-19-20(22)23-15-24-21(19)26/h15-16,18H,3-14,17H2,1-2H3,(H,27,28)(H2,22,23,24)/t18-,33?/m1/s1. The summed E-state index contributed by atoms with van der Waals surface area (Å²) >= 11 is 5.50. The van der Waals surface area contributed by atoms with Crippen LogP contribution >= 0.6 is 7.60 Å². The second-order valence-corrected chi connectivity index (χ2v) is 13.1. The maximum Gasteiger partial charge on any atom is 0.353 e. The summed E-state index contributed by atoms with van der Waals surface area (Å²) in [6.07, 6.45) is 12.4. The van der Waals surface area contributed by atoms with Gasteiger partial charge < -0.3 is 24.5 Å². The Hall–Kier alpha value is -0.970. The molecule has 2 aromatic rings. The first-order valence-corrected chi connectivity index (χ1v) is 15.9. The van der Waals surface area contributed by atoms with E-state index in [1.54, 1.807) is 17.8 Å². The van der Waals surface area contributed by atoms with Crippen LogP contribution in [-0.4, -0.2) is 55.0 Å². The van der Waals surface area contributed by atoms with Crippen LogP contribution in [0.3, 0.4) is 0 Å². The van der Waals surface area contributed by atoms with Gasteiger partial charge in [-0.25, -0.2) is 15.0 Å². The van der Waals surface area contributed by atoms with Crippen LogP contribution in [0.15, 0.2) is 12.7 Å². The second kappa shape index (κ2) is 15.1. The second-order valence-electron chi connectivity index (χ2n) is 8.23. The van der Waals surface area contributed by atoms with Crippen molar-refractivity contribution in [1.82, 2.24) is 19.5 Å². The van der Waals surface area contributed by atoms with Crippen LogP contribution in [0.2, 0.25) is 0 Å². The minimum atomic E-state index is -3.83. The zero-order valence-corrected chi connectivity index (χ0v) is 22.3. The van der Waals surface area contributed by atoms with Gasteiger partial charge in [-0.1, -0.05) is 63.1 Å². The topological polar surface area (TPSA) is 125 Å². The number of nitrogen functional groups attached to an aromatic ring is 1. The Kier molecular flexibility index (Phi) is 12.9. The fourth-order valence-electron chi connectivity index (χ4n) is 3.39. The molecular weight excluding hydrogens is 481 g/mol. The number of hydrogen-bond donors (Lipinski definition) is 2. The lowest BCUT2D eigenvalue weighted by Crippen LogP contribution is -2.18. The first kappa shape index (κ1) is 28.3. The Morgan fingerprint density at radius 1 is 1.15 bits per heavy atom. The first-order valence-electron chi connectivity index (χ1n) is 11.7. The predicted octanol–water partition coefficient (Wildman–Crippen LogP) is 4.19. The summed E-state index contributed by atoms with van der Waals surface area (Å²) in [6, 6.07) is 0. The minimum Gasteiger partial charge on any atom is -0.382 e. The summed E-state index contributed by atoms with van der Waals surface area (Å²) < 4.78 is 24.8. The monoisotopic (exact) mass is 519 g/mol. The average molecular weight is 520 g/mol. The van der Waals surface area contributed by atoms with Crippen LogP contribution < -0.4 is 5.73 Å². The molecule has 2 aromatic heterocycles. The molecule has 0 saturated carbocycles. The van der Waals surface area contributed by atoms with Crippen molar-refractivity contribution in [2.75, 3.05) is 30.2 Å². The number of imidazole rings is 1. The Bertz CT molecular complexity index is 914. The highest BCUT2D eigenvalue weighted by atomic mass is 32.8. The number of nitrogens with two attached hydrogens (primary N) is 1. The van der Waals surface area contributed by atoms with Gasteiger partial charge in [0.05, 0.1) is 25.6 Å². The van der Waals surface area contributed by atoms with Gasteiger partial charge in [0, 0.05) is 5.75 Å². The number of ether oxygens (including phenoxy) is 1. The molecule has 2 heterocycles. The molecule has 2 rings (SSSR count). The van der Waals surface area contributed by atoms with Crippen LogP contribution in [0, 0.1) is 0 Å². The van der Waals surface area contributed by atoms with E-state index in [1.165, 1.54) is 51.3 Å². The molecule has 3 atom stereocenters. The molecule has 0 aliphatic rings. The highest BCUT2D eigenvalue weighted by Crippen LogP contribution is 2.41. The van der Waals surface area contributed by atoms with Crippen molar-refractivity contribution in [2.45, 2.75) is 77.9 Å². The van der Waals surface area contributed by atoms with Crippen LogP contribution in [0.1, 0.15) is 65.2 Å². The van der Waals surface area contributed by atoms with Gasteiger partial charge in [-0.05, 0) is 19.1 Å². The van der Waals surface area contributed by atoms with Crippen LogP contribution in [0.5, 0.6) is 0 Å². The highest BCUT2D eigenvalue weighted by Gasteiger charge is 2.22. The van der Waals surface area contributed by atoms with Gasteiger partial charge in [-0.3, -0.25) is 4.57 Å². The predicted molar refractivity (Wildman–Crippen MR) is 138 cm³/mol. The Morgan fingerprint density at radius 3 is 2.58 bits per heavy atom. The van der Waals surface area contributed by atoms with E-state index >= 15 is 0 Å². The van der Waals surface area contributed by atoms with Crippen molar-refractivity contribution in [1.29, 1.82) is 0 Å². The van der Waals surface area contributed by atoms with E-state index in [0.29, 0.717) is 29.3 Å². The van der Waals surface area contributed by atoms with Crippen molar-refractivity contribution in [3.8, 4) is 0 Å². The van der Waals surface area contributed by atoms with Gasteiger partial charge >= 0.3 is 7.60 Å². The Morgan fingerprint density at radius 2 is 1.85 bits per heavy atom. The molecule has 0 bridgehead atoms. The zero-order chi connectivity index (χ0) is 24.1.